The second-order valence-electron chi connectivity index (χ2n) is 4.41. The molecule has 0 aliphatic carbocycles. The predicted octanol–water partition coefficient (Wildman–Crippen LogP) is 1.75. The third kappa shape index (κ3) is 2.49. The molecule has 1 rings (SSSR count). The van der Waals surface area contributed by atoms with Gasteiger partial charge in [-0.2, -0.15) is 0 Å². The number of anilines is 1. The summed E-state index contributed by atoms with van der Waals surface area (Å²) in [5.41, 5.74) is 0.749. The second kappa shape index (κ2) is 3.92. The van der Waals surface area contributed by atoms with Gasteiger partial charge in [0.1, 0.15) is 0 Å². The van der Waals surface area contributed by atoms with Gasteiger partial charge in [-0.3, -0.25) is 4.90 Å². The normalized spacial score (nSPS) is 11.3. The van der Waals surface area contributed by atoms with Crippen LogP contribution in [0.2, 0.25) is 0 Å². The third-order valence-electron chi connectivity index (χ3n) is 2.12. The Bertz CT molecular complexity index is 352. The van der Waals surface area contributed by atoms with E-state index in [1.165, 1.54) is 4.90 Å². The molecule has 1 aromatic heterocycles. The number of hydrogen-bond donors (Lipinski definition) is 1. The maximum atomic E-state index is 11.3. The molecule has 0 saturated carbocycles. The number of carbonyl (C=O) groups excluding carboxylic acids is 1. The third-order valence-corrected chi connectivity index (χ3v) is 2.12. The zero-order valence-electron chi connectivity index (χ0n) is 9.79. The van der Waals surface area contributed by atoms with E-state index in [1.54, 1.807) is 20.2 Å². The van der Waals surface area contributed by atoms with Gasteiger partial charge in [-0.15, -0.1) is 0 Å². The molecule has 0 radical (unpaired) electrons. The van der Waals surface area contributed by atoms with E-state index in [2.05, 4.69) is 10.5 Å². The summed E-state index contributed by atoms with van der Waals surface area (Å²) >= 11 is 0. The average Bonchev–Trinajstić information content (AvgIpc) is 2.63. The number of aromatic nitrogens is 1. The molecular weight excluding hydrogens is 194 g/mol. The van der Waals surface area contributed by atoms with Crippen molar-refractivity contribution in [2.45, 2.75) is 26.2 Å². The van der Waals surface area contributed by atoms with Gasteiger partial charge in [-0.1, -0.05) is 25.9 Å². The minimum absolute atomic E-state index is 0.0781. The van der Waals surface area contributed by atoms with E-state index in [0.717, 1.165) is 5.69 Å². The fourth-order valence-electron chi connectivity index (χ4n) is 1.04. The molecule has 0 atom stereocenters. The van der Waals surface area contributed by atoms with Gasteiger partial charge in [0.2, 0.25) is 5.88 Å². The lowest BCUT2D eigenvalue weighted by atomic mass is 9.92. The zero-order valence-corrected chi connectivity index (χ0v) is 9.79. The molecule has 0 bridgehead atoms. The summed E-state index contributed by atoms with van der Waals surface area (Å²) in [6.45, 7) is 6.11. The first-order valence-corrected chi connectivity index (χ1v) is 4.79. The summed E-state index contributed by atoms with van der Waals surface area (Å²) in [6.07, 6.45) is 0. The predicted molar refractivity (Wildman–Crippen MR) is 58.1 cm³/mol. The molecule has 0 aliphatic rings. The van der Waals surface area contributed by atoms with Crippen molar-refractivity contribution in [2.24, 2.45) is 0 Å². The summed E-state index contributed by atoms with van der Waals surface area (Å²) in [4.78, 5) is 12.7. The van der Waals surface area contributed by atoms with Gasteiger partial charge in [0.05, 0.1) is 5.69 Å². The highest BCUT2D eigenvalue weighted by atomic mass is 16.5. The van der Waals surface area contributed by atoms with Crippen molar-refractivity contribution in [2.75, 3.05) is 19.0 Å². The fourth-order valence-corrected chi connectivity index (χ4v) is 1.04. The standard InChI is InChI=1S/C10H17N3O2/c1-10(2,3)7-6-8(15-12-7)13(5)9(14)11-4/h6H,1-5H3,(H,11,14). The second-order valence-corrected chi connectivity index (χ2v) is 4.41. The van der Waals surface area contributed by atoms with E-state index in [4.69, 9.17) is 4.52 Å². The van der Waals surface area contributed by atoms with Crippen molar-refractivity contribution in [1.82, 2.24) is 10.5 Å². The number of amides is 2. The summed E-state index contributed by atoms with van der Waals surface area (Å²) in [5, 5.41) is 6.44. The smallest absolute Gasteiger partial charge is 0.323 e. The van der Waals surface area contributed by atoms with Gasteiger partial charge in [0.25, 0.3) is 0 Å². The van der Waals surface area contributed by atoms with E-state index in [9.17, 15) is 4.79 Å². The van der Waals surface area contributed by atoms with E-state index >= 15 is 0 Å². The number of nitrogens with zero attached hydrogens (tertiary/aromatic N) is 2. The highest BCUT2D eigenvalue weighted by molar-refractivity contribution is 5.89. The SMILES string of the molecule is CNC(=O)N(C)c1cc(C(C)(C)C)no1. The molecule has 0 unspecified atom stereocenters. The molecule has 0 saturated heterocycles. The Morgan fingerprint density at radius 2 is 2.13 bits per heavy atom. The van der Waals surface area contributed by atoms with Crippen LogP contribution in [0.1, 0.15) is 26.5 Å². The first-order chi connectivity index (χ1) is 6.86. The van der Waals surface area contributed by atoms with Crippen molar-refractivity contribution < 1.29 is 9.32 Å². The number of urea groups is 1. The Morgan fingerprint density at radius 3 is 2.53 bits per heavy atom. The Morgan fingerprint density at radius 1 is 1.53 bits per heavy atom. The van der Waals surface area contributed by atoms with Crippen LogP contribution in [0.15, 0.2) is 10.6 Å². The van der Waals surface area contributed by atoms with Crippen LogP contribution >= 0.6 is 0 Å². The van der Waals surface area contributed by atoms with Crippen molar-refractivity contribution >= 4 is 11.9 Å². The lowest BCUT2D eigenvalue weighted by Crippen LogP contribution is -2.34. The molecule has 0 aromatic carbocycles. The number of nitrogens with one attached hydrogen (secondary N) is 1. The Kier molecular flexibility index (Phi) is 3.02. The van der Waals surface area contributed by atoms with Crippen molar-refractivity contribution in [3.63, 3.8) is 0 Å². The maximum Gasteiger partial charge on any atom is 0.323 e. The van der Waals surface area contributed by atoms with Gasteiger partial charge in [-0.25, -0.2) is 4.79 Å². The lowest BCUT2D eigenvalue weighted by Gasteiger charge is -2.13. The summed E-state index contributed by atoms with van der Waals surface area (Å²) in [6, 6.07) is 1.54. The molecular formula is C10H17N3O2. The highest BCUT2D eigenvalue weighted by Crippen LogP contribution is 2.25. The minimum atomic E-state index is -0.230. The van der Waals surface area contributed by atoms with E-state index < -0.39 is 0 Å². The summed E-state index contributed by atoms with van der Waals surface area (Å²) < 4.78 is 5.09. The number of hydrogen-bond acceptors (Lipinski definition) is 3. The molecule has 2 amide bonds. The first-order valence-electron chi connectivity index (χ1n) is 4.79. The Balaban J connectivity index is 2.89. The molecule has 0 aliphatic heterocycles. The van der Waals surface area contributed by atoms with Crippen LogP contribution < -0.4 is 10.2 Å². The van der Waals surface area contributed by atoms with Crippen LogP contribution in [0.3, 0.4) is 0 Å². The summed E-state index contributed by atoms with van der Waals surface area (Å²) in [5.74, 6) is 0.444. The first kappa shape index (κ1) is 11.6. The molecule has 0 fully saturated rings. The van der Waals surface area contributed by atoms with Crippen molar-refractivity contribution in [1.29, 1.82) is 0 Å². The maximum absolute atomic E-state index is 11.3. The van der Waals surface area contributed by atoms with Crippen molar-refractivity contribution in [3.05, 3.63) is 11.8 Å². The van der Waals surface area contributed by atoms with Crippen LogP contribution in [-0.4, -0.2) is 25.3 Å². The van der Waals surface area contributed by atoms with Crippen LogP contribution in [0.5, 0.6) is 0 Å². The number of carbonyl (C=O) groups is 1. The Hall–Kier alpha value is -1.52. The van der Waals surface area contributed by atoms with Gasteiger partial charge in [0, 0.05) is 25.6 Å². The van der Waals surface area contributed by atoms with Gasteiger partial charge in [-0.05, 0) is 0 Å². The molecule has 1 aromatic rings. The van der Waals surface area contributed by atoms with E-state index in [1.807, 2.05) is 20.8 Å². The van der Waals surface area contributed by atoms with E-state index in [0.29, 0.717) is 5.88 Å². The average molecular weight is 211 g/mol. The quantitative estimate of drug-likeness (QED) is 0.769. The highest BCUT2D eigenvalue weighted by Gasteiger charge is 2.21. The topological polar surface area (TPSA) is 58.4 Å². The molecule has 5 nitrogen and oxygen atoms in total. The largest absolute Gasteiger partial charge is 0.341 e. The molecule has 84 valence electrons. The molecule has 15 heavy (non-hydrogen) atoms. The molecule has 0 spiro atoms. The molecule has 1 heterocycles. The van der Waals surface area contributed by atoms with Crippen LogP contribution in [0, 0.1) is 0 Å². The molecule has 1 N–H and O–H groups in total. The van der Waals surface area contributed by atoms with Gasteiger partial charge in [0.15, 0.2) is 0 Å². The van der Waals surface area contributed by atoms with Crippen LogP contribution in [0.25, 0.3) is 0 Å². The van der Waals surface area contributed by atoms with E-state index in [-0.39, 0.29) is 11.4 Å². The van der Waals surface area contributed by atoms with Gasteiger partial charge < -0.3 is 9.84 Å². The van der Waals surface area contributed by atoms with Gasteiger partial charge >= 0.3 is 6.03 Å². The fraction of sp³-hybridized carbons (Fsp3) is 0.600. The minimum Gasteiger partial charge on any atom is -0.341 e. The van der Waals surface area contributed by atoms with Crippen LogP contribution in [-0.2, 0) is 5.41 Å². The summed E-state index contributed by atoms with van der Waals surface area (Å²) in [7, 11) is 3.20. The Labute approximate surface area is 89.4 Å². The zero-order chi connectivity index (χ0) is 11.6. The lowest BCUT2D eigenvalue weighted by molar-refractivity contribution is 0.247. The monoisotopic (exact) mass is 211 g/mol. The van der Waals surface area contributed by atoms with Crippen LogP contribution in [0.4, 0.5) is 10.7 Å². The van der Waals surface area contributed by atoms with Crippen molar-refractivity contribution in [3.8, 4) is 0 Å². The number of rotatable bonds is 1. The molecule has 5 heteroatoms.